The predicted octanol–water partition coefficient (Wildman–Crippen LogP) is 1.49. The molecule has 1 saturated carbocycles. The van der Waals surface area contributed by atoms with Gasteiger partial charge in [-0.2, -0.15) is 5.10 Å². The van der Waals surface area contributed by atoms with Gasteiger partial charge in [-0.1, -0.05) is 19.3 Å². The second kappa shape index (κ2) is 7.38. The molecule has 1 heterocycles. The molecule has 1 aromatic rings. The minimum absolute atomic E-state index is 0.0765. The molecule has 0 aromatic carbocycles. The number of ether oxygens (including phenoxy) is 1. The Morgan fingerprint density at radius 1 is 1.44 bits per heavy atom. The maximum Gasteiger partial charge on any atom is 0.0726 e. The lowest BCUT2D eigenvalue weighted by Gasteiger charge is -2.25. The van der Waals surface area contributed by atoms with Crippen molar-refractivity contribution < 1.29 is 9.84 Å². The molecule has 0 unspecified atom stereocenters. The average molecular weight is 253 g/mol. The SMILES string of the molecule is OCCOCCn1cc(NCCC2CCC2)cn1. The lowest BCUT2D eigenvalue weighted by Crippen LogP contribution is -2.15. The average Bonchev–Trinajstić information content (AvgIpc) is 2.76. The molecule has 0 spiro atoms. The molecule has 2 rings (SSSR count). The van der Waals surface area contributed by atoms with Gasteiger partial charge in [-0.05, 0) is 12.3 Å². The first-order chi connectivity index (χ1) is 8.88. The second-order valence-corrected chi connectivity index (χ2v) is 4.84. The Hall–Kier alpha value is -1.07. The quantitative estimate of drug-likeness (QED) is 0.655. The van der Waals surface area contributed by atoms with Gasteiger partial charge in [0.05, 0.1) is 38.2 Å². The summed E-state index contributed by atoms with van der Waals surface area (Å²) in [6, 6.07) is 0. The van der Waals surface area contributed by atoms with Crippen molar-refractivity contribution in [2.24, 2.45) is 5.92 Å². The van der Waals surface area contributed by atoms with E-state index in [9.17, 15) is 0 Å². The van der Waals surface area contributed by atoms with Crippen LogP contribution in [0.1, 0.15) is 25.7 Å². The molecule has 0 radical (unpaired) electrons. The zero-order valence-corrected chi connectivity index (χ0v) is 10.8. The summed E-state index contributed by atoms with van der Waals surface area (Å²) >= 11 is 0. The zero-order valence-electron chi connectivity index (χ0n) is 10.8. The second-order valence-electron chi connectivity index (χ2n) is 4.84. The Balaban J connectivity index is 1.59. The van der Waals surface area contributed by atoms with Crippen LogP contribution in [-0.2, 0) is 11.3 Å². The van der Waals surface area contributed by atoms with Gasteiger partial charge in [0, 0.05) is 12.7 Å². The maximum atomic E-state index is 8.58. The molecular weight excluding hydrogens is 230 g/mol. The fraction of sp³-hybridized carbons (Fsp3) is 0.769. The molecule has 18 heavy (non-hydrogen) atoms. The van der Waals surface area contributed by atoms with E-state index in [-0.39, 0.29) is 6.61 Å². The van der Waals surface area contributed by atoms with Crippen LogP contribution in [0.15, 0.2) is 12.4 Å². The van der Waals surface area contributed by atoms with Crippen LogP contribution in [0.25, 0.3) is 0 Å². The monoisotopic (exact) mass is 253 g/mol. The van der Waals surface area contributed by atoms with Gasteiger partial charge >= 0.3 is 0 Å². The van der Waals surface area contributed by atoms with E-state index in [0.717, 1.165) is 24.7 Å². The van der Waals surface area contributed by atoms with Crippen molar-refractivity contribution in [1.29, 1.82) is 0 Å². The number of hydrogen-bond acceptors (Lipinski definition) is 4. The standard InChI is InChI=1S/C13H23N3O2/c17-7-9-18-8-6-16-11-13(10-15-16)14-5-4-12-2-1-3-12/h10-12,14,17H,1-9H2. The Bertz CT molecular complexity index is 337. The lowest BCUT2D eigenvalue weighted by atomic mass is 9.83. The van der Waals surface area contributed by atoms with Crippen LogP contribution in [0.3, 0.4) is 0 Å². The molecule has 0 amide bonds. The molecule has 1 aliphatic carbocycles. The Labute approximate surface area is 108 Å². The summed E-state index contributed by atoms with van der Waals surface area (Å²) in [6.07, 6.45) is 9.35. The fourth-order valence-electron chi connectivity index (χ4n) is 2.10. The lowest BCUT2D eigenvalue weighted by molar-refractivity contribution is 0.0854. The number of aliphatic hydroxyl groups excluding tert-OH is 1. The van der Waals surface area contributed by atoms with Gasteiger partial charge in [-0.3, -0.25) is 4.68 Å². The van der Waals surface area contributed by atoms with Gasteiger partial charge < -0.3 is 15.2 Å². The van der Waals surface area contributed by atoms with Crippen molar-refractivity contribution >= 4 is 5.69 Å². The summed E-state index contributed by atoms with van der Waals surface area (Å²) < 4.78 is 7.06. The van der Waals surface area contributed by atoms with Crippen molar-refractivity contribution in [2.75, 3.05) is 31.7 Å². The van der Waals surface area contributed by atoms with E-state index in [1.165, 1.54) is 25.7 Å². The van der Waals surface area contributed by atoms with Gasteiger partial charge in [-0.25, -0.2) is 0 Å². The van der Waals surface area contributed by atoms with E-state index < -0.39 is 0 Å². The van der Waals surface area contributed by atoms with E-state index in [1.807, 2.05) is 17.1 Å². The molecule has 0 bridgehead atoms. The van der Waals surface area contributed by atoms with Crippen LogP contribution in [0.4, 0.5) is 5.69 Å². The molecule has 2 N–H and O–H groups in total. The van der Waals surface area contributed by atoms with Gasteiger partial charge in [0.25, 0.3) is 0 Å². The molecule has 5 heteroatoms. The number of nitrogens with one attached hydrogen (secondary N) is 1. The summed E-state index contributed by atoms with van der Waals surface area (Å²) in [6.45, 7) is 2.83. The van der Waals surface area contributed by atoms with Crippen LogP contribution in [0.5, 0.6) is 0 Å². The minimum atomic E-state index is 0.0765. The molecule has 1 aromatic heterocycles. The van der Waals surface area contributed by atoms with Crippen molar-refractivity contribution in [1.82, 2.24) is 9.78 Å². The topological polar surface area (TPSA) is 59.3 Å². The number of hydrogen-bond donors (Lipinski definition) is 2. The van der Waals surface area contributed by atoms with Gasteiger partial charge in [0.1, 0.15) is 0 Å². The third kappa shape index (κ3) is 4.31. The van der Waals surface area contributed by atoms with Crippen LogP contribution in [0, 0.1) is 5.92 Å². The van der Waals surface area contributed by atoms with Gasteiger partial charge in [0.2, 0.25) is 0 Å². The van der Waals surface area contributed by atoms with Crippen molar-refractivity contribution in [2.45, 2.75) is 32.2 Å². The van der Waals surface area contributed by atoms with Crippen molar-refractivity contribution in [3.05, 3.63) is 12.4 Å². The highest BCUT2D eigenvalue weighted by molar-refractivity contribution is 5.37. The minimum Gasteiger partial charge on any atom is -0.394 e. The highest BCUT2D eigenvalue weighted by atomic mass is 16.5. The largest absolute Gasteiger partial charge is 0.394 e. The van der Waals surface area contributed by atoms with Gasteiger partial charge in [-0.15, -0.1) is 0 Å². The molecule has 0 aliphatic heterocycles. The first kappa shape index (κ1) is 13.4. The normalized spacial score (nSPS) is 15.6. The number of nitrogens with zero attached hydrogens (tertiary/aromatic N) is 2. The third-order valence-corrected chi connectivity index (χ3v) is 3.44. The van der Waals surface area contributed by atoms with E-state index in [0.29, 0.717) is 13.2 Å². The first-order valence-corrected chi connectivity index (χ1v) is 6.83. The molecular formula is C13H23N3O2. The number of anilines is 1. The van der Waals surface area contributed by atoms with Gasteiger partial charge in [0.15, 0.2) is 0 Å². The smallest absolute Gasteiger partial charge is 0.0726 e. The summed E-state index contributed by atoms with van der Waals surface area (Å²) in [4.78, 5) is 0. The Morgan fingerprint density at radius 2 is 2.33 bits per heavy atom. The molecule has 5 nitrogen and oxygen atoms in total. The van der Waals surface area contributed by atoms with E-state index in [1.54, 1.807) is 0 Å². The maximum absolute atomic E-state index is 8.58. The summed E-state index contributed by atoms with van der Waals surface area (Å²) in [5.74, 6) is 0.944. The number of aromatic nitrogens is 2. The summed E-state index contributed by atoms with van der Waals surface area (Å²) in [5.41, 5.74) is 1.08. The molecule has 0 atom stereocenters. The Kier molecular flexibility index (Phi) is 5.48. The molecule has 1 fully saturated rings. The van der Waals surface area contributed by atoms with E-state index in [2.05, 4.69) is 10.4 Å². The Morgan fingerprint density at radius 3 is 3.06 bits per heavy atom. The number of aliphatic hydroxyl groups is 1. The first-order valence-electron chi connectivity index (χ1n) is 6.83. The van der Waals surface area contributed by atoms with Crippen LogP contribution in [0.2, 0.25) is 0 Å². The molecule has 1 aliphatic rings. The molecule has 102 valence electrons. The van der Waals surface area contributed by atoms with E-state index in [4.69, 9.17) is 9.84 Å². The highest BCUT2D eigenvalue weighted by Crippen LogP contribution is 2.29. The molecule has 0 saturated heterocycles. The predicted molar refractivity (Wildman–Crippen MR) is 70.6 cm³/mol. The van der Waals surface area contributed by atoms with Crippen molar-refractivity contribution in [3.8, 4) is 0 Å². The fourth-order valence-corrected chi connectivity index (χ4v) is 2.10. The van der Waals surface area contributed by atoms with Crippen LogP contribution < -0.4 is 5.32 Å². The van der Waals surface area contributed by atoms with Crippen LogP contribution >= 0.6 is 0 Å². The van der Waals surface area contributed by atoms with Crippen molar-refractivity contribution in [3.63, 3.8) is 0 Å². The zero-order chi connectivity index (χ0) is 12.6. The third-order valence-electron chi connectivity index (χ3n) is 3.44. The van der Waals surface area contributed by atoms with E-state index >= 15 is 0 Å². The highest BCUT2D eigenvalue weighted by Gasteiger charge is 2.16. The number of rotatable bonds is 9. The van der Waals surface area contributed by atoms with Crippen LogP contribution in [-0.4, -0.2) is 41.3 Å². The summed E-state index contributed by atoms with van der Waals surface area (Å²) in [7, 11) is 0. The summed E-state index contributed by atoms with van der Waals surface area (Å²) in [5, 5.41) is 16.2.